The first-order valence-corrected chi connectivity index (χ1v) is 7.86. The molecule has 2 aromatic carbocycles. The highest BCUT2D eigenvalue weighted by atomic mass is 15.1. The molecule has 0 N–H and O–H groups in total. The van der Waals surface area contributed by atoms with Gasteiger partial charge in [0.25, 0.3) is 0 Å². The number of para-hydroxylation sites is 1. The van der Waals surface area contributed by atoms with Crippen LogP contribution in [-0.2, 0) is 0 Å². The van der Waals surface area contributed by atoms with Gasteiger partial charge in [-0.1, -0.05) is 42.5 Å². The van der Waals surface area contributed by atoms with E-state index in [1.807, 2.05) is 6.20 Å². The molecule has 0 aliphatic rings. The van der Waals surface area contributed by atoms with Crippen molar-refractivity contribution in [2.75, 3.05) is 19.0 Å². The molecular weight excluding hydrogens is 280 g/mol. The van der Waals surface area contributed by atoms with Gasteiger partial charge in [0.1, 0.15) is 0 Å². The fraction of sp³-hybridized carbons (Fsp3) is 0.190. The van der Waals surface area contributed by atoms with Crippen molar-refractivity contribution in [2.24, 2.45) is 0 Å². The zero-order valence-corrected chi connectivity index (χ0v) is 14.2. The van der Waals surface area contributed by atoms with Crippen molar-refractivity contribution in [3.8, 4) is 0 Å². The fourth-order valence-electron chi connectivity index (χ4n) is 2.78. The smallest absolute Gasteiger partial charge is 0.0737 e. The molecule has 0 radical (unpaired) electrons. The van der Waals surface area contributed by atoms with E-state index >= 15 is 0 Å². The monoisotopic (exact) mass is 302 g/mol. The predicted octanol–water partition coefficient (Wildman–Crippen LogP) is 5.09. The molecule has 3 rings (SSSR count). The zero-order valence-electron chi connectivity index (χ0n) is 14.2. The Morgan fingerprint density at radius 1 is 0.870 bits per heavy atom. The van der Waals surface area contributed by atoms with E-state index in [-0.39, 0.29) is 0 Å². The number of aromatic nitrogens is 1. The van der Waals surface area contributed by atoms with Crippen molar-refractivity contribution in [3.63, 3.8) is 0 Å². The summed E-state index contributed by atoms with van der Waals surface area (Å²) in [5, 5.41) is 1.21. The van der Waals surface area contributed by atoms with E-state index in [0.717, 1.165) is 5.52 Å². The van der Waals surface area contributed by atoms with E-state index in [1.54, 1.807) is 0 Å². The average Bonchev–Trinajstić information content (AvgIpc) is 2.54. The van der Waals surface area contributed by atoms with Crippen LogP contribution < -0.4 is 4.90 Å². The molecule has 2 heteroatoms. The average molecular weight is 302 g/mol. The summed E-state index contributed by atoms with van der Waals surface area (Å²) in [5.41, 5.74) is 7.16. The number of nitrogens with zero attached hydrogens (tertiary/aromatic N) is 2. The summed E-state index contributed by atoms with van der Waals surface area (Å²) in [7, 11) is 4.11. The van der Waals surface area contributed by atoms with E-state index in [4.69, 9.17) is 0 Å². The van der Waals surface area contributed by atoms with Gasteiger partial charge in [-0.3, -0.25) is 4.98 Å². The van der Waals surface area contributed by atoms with Gasteiger partial charge >= 0.3 is 0 Å². The van der Waals surface area contributed by atoms with E-state index in [2.05, 4.69) is 92.4 Å². The molecule has 1 heterocycles. The highest BCUT2D eigenvalue weighted by Crippen LogP contribution is 2.25. The molecule has 0 atom stereocenters. The minimum atomic E-state index is 1.08. The number of pyridine rings is 1. The van der Waals surface area contributed by atoms with Crippen LogP contribution in [0.1, 0.15) is 22.3 Å². The summed E-state index contributed by atoms with van der Waals surface area (Å²) in [6.07, 6.45) is 6.33. The number of anilines is 1. The van der Waals surface area contributed by atoms with Crippen molar-refractivity contribution in [3.05, 3.63) is 70.9 Å². The molecule has 2 nitrogen and oxygen atoms in total. The molecule has 116 valence electrons. The maximum Gasteiger partial charge on any atom is 0.0737 e. The van der Waals surface area contributed by atoms with E-state index in [9.17, 15) is 0 Å². The van der Waals surface area contributed by atoms with Gasteiger partial charge in [0.2, 0.25) is 0 Å². The molecule has 0 bridgehead atoms. The van der Waals surface area contributed by atoms with Gasteiger partial charge in [-0.05, 0) is 48.2 Å². The number of hydrogen-bond donors (Lipinski definition) is 0. The summed E-state index contributed by atoms with van der Waals surface area (Å²) in [6.45, 7) is 4.22. The summed E-state index contributed by atoms with van der Waals surface area (Å²) in [5.74, 6) is 0. The third-order valence-corrected chi connectivity index (χ3v) is 4.19. The minimum absolute atomic E-state index is 1.08. The third-order valence-electron chi connectivity index (χ3n) is 4.19. The SMILES string of the molecule is Cc1cnc2c(C)cccc2c1/C=C/c1ccc(N(C)C)cc1. The first-order valence-electron chi connectivity index (χ1n) is 7.86. The lowest BCUT2D eigenvalue weighted by atomic mass is 10.0. The summed E-state index contributed by atoms with van der Waals surface area (Å²) >= 11 is 0. The van der Waals surface area contributed by atoms with Crippen LogP contribution in [0.2, 0.25) is 0 Å². The van der Waals surface area contributed by atoms with Crippen LogP contribution in [0.5, 0.6) is 0 Å². The van der Waals surface area contributed by atoms with Gasteiger partial charge in [0, 0.05) is 31.4 Å². The Hall–Kier alpha value is -2.61. The highest BCUT2D eigenvalue weighted by Gasteiger charge is 2.05. The molecule has 23 heavy (non-hydrogen) atoms. The van der Waals surface area contributed by atoms with Crippen LogP contribution in [0.3, 0.4) is 0 Å². The summed E-state index contributed by atoms with van der Waals surface area (Å²) in [6, 6.07) is 14.9. The van der Waals surface area contributed by atoms with Gasteiger partial charge in [-0.25, -0.2) is 0 Å². The van der Waals surface area contributed by atoms with Crippen molar-refractivity contribution >= 4 is 28.7 Å². The normalized spacial score (nSPS) is 11.3. The summed E-state index contributed by atoms with van der Waals surface area (Å²) in [4.78, 5) is 6.70. The standard InChI is InChI=1S/C21H22N2/c1-15-6-5-7-20-19(16(2)14-22-21(15)20)13-10-17-8-11-18(12-9-17)23(3)4/h5-14H,1-4H3/b13-10+. The van der Waals surface area contributed by atoms with Crippen LogP contribution in [0.15, 0.2) is 48.7 Å². The first kappa shape index (κ1) is 15.3. The van der Waals surface area contributed by atoms with Crippen LogP contribution in [0.4, 0.5) is 5.69 Å². The van der Waals surface area contributed by atoms with Gasteiger partial charge < -0.3 is 4.90 Å². The topological polar surface area (TPSA) is 16.1 Å². The second-order valence-corrected chi connectivity index (χ2v) is 6.15. The highest BCUT2D eigenvalue weighted by molar-refractivity contribution is 5.93. The lowest BCUT2D eigenvalue weighted by molar-refractivity contribution is 1.13. The second-order valence-electron chi connectivity index (χ2n) is 6.15. The number of fused-ring (bicyclic) bond motifs is 1. The lowest BCUT2D eigenvalue weighted by Gasteiger charge is -2.12. The molecule has 3 aromatic rings. The Balaban J connectivity index is 2.00. The molecule has 0 fully saturated rings. The van der Waals surface area contributed by atoms with Crippen LogP contribution in [0.25, 0.3) is 23.1 Å². The molecule has 0 aliphatic heterocycles. The minimum Gasteiger partial charge on any atom is -0.378 e. The van der Waals surface area contributed by atoms with Crippen molar-refractivity contribution < 1.29 is 0 Å². The molecule has 0 unspecified atom stereocenters. The van der Waals surface area contributed by atoms with Gasteiger partial charge in [0.15, 0.2) is 0 Å². The number of rotatable bonds is 3. The Morgan fingerprint density at radius 2 is 1.61 bits per heavy atom. The van der Waals surface area contributed by atoms with Gasteiger partial charge in [-0.15, -0.1) is 0 Å². The zero-order chi connectivity index (χ0) is 16.4. The van der Waals surface area contributed by atoms with Crippen molar-refractivity contribution in [2.45, 2.75) is 13.8 Å². The Bertz CT molecular complexity index is 859. The Labute approximate surface area is 138 Å². The third kappa shape index (κ3) is 3.11. The molecule has 1 aromatic heterocycles. The van der Waals surface area contributed by atoms with E-state index in [1.165, 1.54) is 33.3 Å². The Morgan fingerprint density at radius 3 is 2.30 bits per heavy atom. The number of benzene rings is 2. The molecule has 0 saturated carbocycles. The van der Waals surface area contributed by atoms with Crippen LogP contribution >= 0.6 is 0 Å². The maximum atomic E-state index is 4.59. The number of aryl methyl sites for hydroxylation is 2. The van der Waals surface area contributed by atoms with Gasteiger partial charge in [0.05, 0.1) is 5.52 Å². The quantitative estimate of drug-likeness (QED) is 0.670. The van der Waals surface area contributed by atoms with E-state index < -0.39 is 0 Å². The molecule has 0 spiro atoms. The fourth-order valence-corrected chi connectivity index (χ4v) is 2.78. The first-order chi connectivity index (χ1) is 11.1. The number of hydrogen-bond acceptors (Lipinski definition) is 2. The van der Waals surface area contributed by atoms with Crippen molar-refractivity contribution in [1.29, 1.82) is 0 Å². The van der Waals surface area contributed by atoms with Crippen LogP contribution in [-0.4, -0.2) is 19.1 Å². The molecule has 0 saturated heterocycles. The molecular formula is C21H22N2. The predicted molar refractivity (Wildman–Crippen MR) is 101 cm³/mol. The second kappa shape index (κ2) is 6.25. The van der Waals surface area contributed by atoms with Crippen molar-refractivity contribution in [1.82, 2.24) is 4.98 Å². The Kier molecular flexibility index (Phi) is 4.16. The largest absolute Gasteiger partial charge is 0.378 e. The molecule has 0 amide bonds. The maximum absolute atomic E-state index is 4.59. The summed E-state index contributed by atoms with van der Waals surface area (Å²) < 4.78 is 0. The van der Waals surface area contributed by atoms with E-state index in [0.29, 0.717) is 0 Å². The molecule has 0 aliphatic carbocycles. The lowest BCUT2D eigenvalue weighted by Crippen LogP contribution is -2.07. The van der Waals surface area contributed by atoms with Gasteiger partial charge in [-0.2, -0.15) is 0 Å². The van der Waals surface area contributed by atoms with Crippen LogP contribution in [0, 0.1) is 13.8 Å².